The van der Waals surface area contributed by atoms with Crippen molar-refractivity contribution >= 4 is 17.0 Å². The molecule has 1 aromatic heterocycles. The van der Waals surface area contributed by atoms with Crippen LogP contribution in [0.1, 0.15) is 26.3 Å². The van der Waals surface area contributed by atoms with Gasteiger partial charge in [-0.05, 0) is 55.8 Å². The van der Waals surface area contributed by atoms with Crippen LogP contribution in [0.4, 0.5) is 5.69 Å². The topological polar surface area (TPSA) is 45.0 Å². The van der Waals surface area contributed by atoms with Gasteiger partial charge in [-0.15, -0.1) is 11.3 Å². The minimum absolute atomic E-state index is 0.286. The van der Waals surface area contributed by atoms with Gasteiger partial charge in [0, 0.05) is 17.0 Å². The summed E-state index contributed by atoms with van der Waals surface area (Å²) in [6, 6.07) is 13.9. The number of nitrogens with zero attached hydrogens (tertiary/aromatic N) is 2. The zero-order valence-electron chi connectivity index (χ0n) is 16.9. The van der Waals surface area contributed by atoms with E-state index in [1.807, 2.05) is 42.5 Å². The molecule has 0 saturated carbocycles. The second-order valence-corrected chi connectivity index (χ2v) is 7.24. The molecule has 1 unspecified atom stereocenters. The standard InChI is InChI=1S/C22H26N2O3S/c1-6-15(2)24-20(19-13-18(26-4)11-12-21(19)27-5)14-28-22(24)23-16-7-9-17(25-3)10-8-16/h7-15H,6H2,1-5H3. The summed E-state index contributed by atoms with van der Waals surface area (Å²) < 4.78 is 18.6. The van der Waals surface area contributed by atoms with E-state index in [4.69, 9.17) is 19.2 Å². The minimum atomic E-state index is 0.286. The fourth-order valence-corrected chi connectivity index (χ4v) is 4.00. The van der Waals surface area contributed by atoms with Crippen molar-refractivity contribution in [3.05, 3.63) is 52.6 Å². The van der Waals surface area contributed by atoms with Crippen molar-refractivity contribution < 1.29 is 14.2 Å². The molecule has 1 atom stereocenters. The van der Waals surface area contributed by atoms with Crippen LogP contribution in [-0.2, 0) is 0 Å². The second-order valence-electron chi connectivity index (χ2n) is 6.41. The Morgan fingerprint density at radius 3 is 2.25 bits per heavy atom. The summed E-state index contributed by atoms with van der Waals surface area (Å²) in [4.78, 5) is 5.83. The number of hydrogen-bond acceptors (Lipinski definition) is 5. The highest BCUT2D eigenvalue weighted by atomic mass is 32.1. The van der Waals surface area contributed by atoms with Gasteiger partial charge in [0.05, 0.1) is 32.7 Å². The van der Waals surface area contributed by atoms with Crippen molar-refractivity contribution in [2.75, 3.05) is 21.3 Å². The number of benzene rings is 2. The first-order valence-corrected chi connectivity index (χ1v) is 10.1. The summed E-state index contributed by atoms with van der Waals surface area (Å²) in [7, 11) is 5.02. The molecule has 28 heavy (non-hydrogen) atoms. The molecular weight excluding hydrogens is 372 g/mol. The summed E-state index contributed by atoms with van der Waals surface area (Å²) in [5, 5.41) is 2.13. The van der Waals surface area contributed by atoms with Gasteiger partial charge in [0.15, 0.2) is 4.80 Å². The first-order valence-electron chi connectivity index (χ1n) is 9.22. The van der Waals surface area contributed by atoms with Crippen LogP contribution in [0.25, 0.3) is 11.3 Å². The number of rotatable bonds is 7. The quantitative estimate of drug-likeness (QED) is 0.532. The van der Waals surface area contributed by atoms with E-state index in [0.29, 0.717) is 0 Å². The maximum atomic E-state index is 5.61. The molecule has 0 aliphatic carbocycles. The van der Waals surface area contributed by atoms with E-state index >= 15 is 0 Å². The highest BCUT2D eigenvalue weighted by Crippen LogP contribution is 2.35. The van der Waals surface area contributed by atoms with E-state index in [2.05, 4.69) is 23.8 Å². The Bertz CT molecular complexity index is 990. The fourth-order valence-electron chi connectivity index (χ4n) is 2.99. The average Bonchev–Trinajstić information content (AvgIpc) is 3.16. The number of methoxy groups -OCH3 is 3. The largest absolute Gasteiger partial charge is 0.497 e. The molecule has 3 aromatic rings. The van der Waals surface area contributed by atoms with E-state index in [0.717, 1.165) is 45.4 Å². The molecule has 1 heterocycles. The monoisotopic (exact) mass is 398 g/mol. The molecule has 2 aromatic carbocycles. The Morgan fingerprint density at radius 1 is 0.964 bits per heavy atom. The molecule has 0 amide bonds. The molecule has 148 valence electrons. The van der Waals surface area contributed by atoms with E-state index in [1.165, 1.54) is 0 Å². The lowest BCUT2D eigenvalue weighted by Crippen LogP contribution is -2.19. The number of ether oxygens (including phenoxy) is 3. The highest BCUT2D eigenvalue weighted by molar-refractivity contribution is 7.07. The Hall–Kier alpha value is -2.73. The predicted octanol–water partition coefficient (Wildman–Crippen LogP) is 5.45. The SMILES string of the molecule is CCC(C)n1c(-c2cc(OC)ccc2OC)csc1=Nc1ccc(OC)cc1. The zero-order valence-corrected chi connectivity index (χ0v) is 17.7. The average molecular weight is 399 g/mol. The molecule has 0 radical (unpaired) electrons. The van der Waals surface area contributed by atoms with Crippen LogP contribution in [0.2, 0.25) is 0 Å². The summed E-state index contributed by atoms with van der Waals surface area (Å²) in [5.41, 5.74) is 2.96. The Morgan fingerprint density at radius 2 is 1.64 bits per heavy atom. The van der Waals surface area contributed by atoms with E-state index in [1.54, 1.807) is 32.7 Å². The van der Waals surface area contributed by atoms with Crippen LogP contribution < -0.4 is 19.0 Å². The molecule has 0 aliphatic heterocycles. The van der Waals surface area contributed by atoms with Gasteiger partial charge in [-0.3, -0.25) is 0 Å². The van der Waals surface area contributed by atoms with Gasteiger partial charge < -0.3 is 18.8 Å². The normalized spacial score (nSPS) is 12.7. The van der Waals surface area contributed by atoms with Crippen molar-refractivity contribution in [3.8, 4) is 28.5 Å². The van der Waals surface area contributed by atoms with Gasteiger partial charge in [0.2, 0.25) is 0 Å². The van der Waals surface area contributed by atoms with Gasteiger partial charge in [-0.1, -0.05) is 6.92 Å². The molecule has 5 nitrogen and oxygen atoms in total. The van der Waals surface area contributed by atoms with Crippen LogP contribution in [0, 0.1) is 0 Å². The van der Waals surface area contributed by atoms with E-state index in [9.17, 15) is 0 Å². The Kier molecular flexibility index (Phi) is 6.41. The van der Waals surface area contributed by atoms with Gasteiger partial charge in [0.1, 0.15) is 17.2 Å². The van der Waals surface area contributed by atoms with Gasteiger partial charge >= 0.3 is 0 Å². The summed E-state index contributed by atoms with van der Waals surface area (Å²) >= 11 is 1.62. The molecular formula is C22H26N2O3S. The third kappa shape index (κ3) is 4.07. The number of hydrogen-bond donors (Lipinski definition) is 0. The van der Waals surface area contributed by atoms with Crippen molar-refractivity contribution in [2.45, 2.75) is 26.3 Å². The first-order chi connectivity index (χ1) is 13.6. The van der Waals surface area contributed by atoms with Crippen LogP contribution >= 0.6 is 11.3 Å². The van der Waals surface area contributed by atoms with Gasteiger partial charge in [0.25, 0.3) is 0 Å². The van der Waals surface area contributed by atoms with Gasteiger partial charge in [-0.25, -0.2) is 4.99 Å². The first kappa shape index (κ1) is 20.0. The number of thiazole rings is 1. The fraction of sp³-hybridized carbons (Fsp3) is 0.318. The lowest BCUT2D eigenvalue weighted by molar-refractivity contribution is 0.403. The van der Waals surface area contributed by atoms with Gasteiger partial charge in [-0.2, -0.15) is 0 Å². The predicted molar refractivity (Wildman–Crippen MR) is 114 cm³/mol. The third-order valence-corrected chi connectivity index (χ3v) is 5.59. The molecule has 3 rings (SSSR count). The second kappa shape index (κ2) is 8.97. The molecule has 0 aliphatic rings. The molecule has 0 bridgehead atoms. The van der Waals surface area contributed by atoms with E-state index in [-0.39, 0.29) is 6.04 Å². The molecule has 6 heteroatoms. The lowest BCUT2D eigenvalue weighted by atomic mass is 10.1. The third-order valence-electron chi connectivity index (χ3n) is 4.75. The molecule has 0 N–H and O–H groups in total. The number of aromatic nitrogens is 1. The highest BCUT2D eigenvalue weighted by Gasteiger charge is 2.17. The molecule has 0 fully saturated rings. The summed E-state index contributed by atoms with van der Waals surface area (Å²) in [5.74, 6) is 2.43. The molecule has 0 saturated heterocycles. The van der Waals surface area contributed by atoms with Crippen molar-refractivity contribution in [1.82, 2.24) is 4.57 Å². The van der Waals surface area contributed by atoms with Crippen LogP contribution in [0.15, 0.2) is 52.8 Å². The Balaban J connectivity index is 2.18. The minimum Gasteiger partial charge on any atom is -0.497 e. The van der Waals surface area contributed by atoms with Crippen molar-refractivity contribution in [2.24, 2.45) is 4.99 Å². The molecule has 0 spiro atoms. The van der Waals surface area contributed by atoms with E-state index < -0.39 is 0 Å². The Labute approximate surface area is 169 Å². The zero-order chi connectivity index (χ0) is 20.1. The maximum Gasteiger partial charge on any atom is 0.190 e. The summed E-state index contributed by atoms with van der Waals surface area (Å²) in [6.07, 6.45) is 0.992. The lowest BCUT2D eigenvalue weighted by Gasteiger charge is -2.17. The maximum absolute atomic E-state index is 5.61. The summed E-state index contributed by atoms with van der Waals surface area (Å²) in [6.45, 7) is 4.38. The van der Waals surface area contributed by atoms with Crippen LogP contribution in [-0.4, -0.2) is 25.9 Å². The van der Waals surface area contributed by atoms with Crippen LogP contribution in [0.5, 0.6) is 17.2 Å². The van der Waals surface area contributed by atoms with Crippen molar-refractivity contribution in [3.63, 3.8) is 0 Å². The smallest absolute Gasteiger partial charge is 0.190 e. The van der Waals surface area contributed by atoms with Crippen molar-refractivity contribution in [1.29, 1.82) is 0 Å². The van der Waals surface area contributed by atoms with Crippen LogP contribution in [0.3, 0.4) is 0 Å².